The summed E-state index contributed by atoms with van der Waals surface area (Å²) in [6.45, 7) is 0. The van der Waals surface area contributed by atoms with Crippen molar-refractivity contribution in [2.45, 2.75) is 0 Å². The summed E-state index contributed by atoms with van der Waals surface area (Å²) in [7, 11) is -1.47. The normalized spacial score (nSPS) is 10.7. The van der Waals surface area contributed by atoms with Gasteiger partial charge in [-0.3, -0.25) is 0 Å². The predicted molar refractivity (Wildman–Crippen MR) is 73.9 cm³/mol. The summed E-state index contributed by atoms with van der Waals surface area (Å²) in [5, 5.41) is 29.3. The summed E-state index contributed by atoms with van der Waals surface area (Å²) in [5.41, 5.74) is 1.07. The molecule has 0 spiro atoms. The zero-order chi connectivity index (χ0) is 12.7. The van der Waals surface area contributed by atoms with Crippen molar-refractivity contribution >= 4 is 44.1 Å². The third-order valence-electron chi connectivity index (χ3n) is 2.92. The van der Waals surface area contributed by atoms with Gasteiger partial charge in [0.2, 0.25) is 0 Å². The minimum absolute atomic E-state index is 0.463. The van der Waals surface area contributed by atoms with E-state index in [1.54, 1.807) is 29.5 Å². The van der Waals surface area contributed by atoms with E-state index in [9.17, 15) is 10.0 Å². The predicted octanol–water partition coefficient (Wildman–Crippen LogP) is 1.61. The fourth-order valence-corrected chi connectivity index (χ4v) is 3.09. The number of hydrogen-bond acceptors (Lipinski definition) is 4. The molecule has 2 aromatic carbocycles. The van der Waals surface area contributed by atoms with Gasteiger partial charge >= 0.3 is 7.12 Å². The second kappa shape index (κ2) is 4.11. The lowest BCUT2D eigenvalue weighted by Crippen LogP contribution is -2.29. The zero-order valence-corrected chi connectivity index (χ0v) is 10.1. The maximum atomic E-state index is 9.20. The highest BCUT2D eigenvalue weighted by molar-refractivity contribution is 7.25. The van der Waals surface area contributed by atoms with Gasteiger partial charge in [-0.25, -0.2) is 0 Å². The molecule has 5 heteroatoms. The molecule has 0 unspecified atom stereocenters. The summed E-state index contributed by atoms with van der Waals surface area (Å²) >= 11 is 1.63. The van der Waals surface area contributed by atoms with Crippen molar-refractivity contribution < 1.29 is 10.0 Å². The fraction of sp³-hybridized carbons (Fsp3) is 0. The van der Waals surface area contributed by atoms with Crippen molar-refractivity contribution in [2.75, 3.05) is 0 Å². The smallest absolute Gasteiger partial charge is 0.423 e. The largest absolute Gasteiger partial charge is 0.488 e. The van der Waals surface area contributed by atoms with Crippen LogP contribution in [-0.2, 0) is 0 Å². The summed E-state index contributed by atoms with van der Waals surface area (Å²) in [6, 6.07) is 13.0. The van der Waals surface area contributed by atoms with E-state index < -0.39 is 7.12 Å². The molecule has 0 atom stereocenters. The summed E-state index contributed by atoms with van der Waals surface area (Å²) in [5.74, 6) is 0. The first-order valence-electron chi connectivity index (χ1n) is 5.41. The SMILES string of the molecule is N#Cc1ccc2sc3ccc(B(O)O)cc3c2c1. The average Bonchev–Trinajstić information content (AvgIpc) is 2.75. The molecular formula is C13H8BNO2S. The van der Waals surface area contributed by atoms with Crippen LogP contribution >= 0.6 is 11.3 Å². The van der Waals surface area contributed by atoms with Crippen LogP contribution in [0, 0.1) is 11.3 Å². The Balaban J connectivity index is 2.38. The van der Waals surface area contributed by atoms with Crippen LogP contribution in [0.5, 0.6) is 0 Å². The van der Waals surface area contributed by atoms with E-state index in [4.69, 9.17) is 5.26 Å². The van der Waals surface area contributed by atoms with Crippen LogP contribution in [0.25, 0.3) is 20.2 Å². The first-order valence-corrected chi connectivity index (χ1v) is 6.23. The third kappa shape index (κ3) is 1.68. The van der Waals surface area contributed by atoms with Gasteiger partial charge in [0, 0.05) is 20.2 Å². The van der Waals surface area contributed by atoms with Gasteiger partial charge in [0.1, 0.15) is 0 Å². The standard InChI is InChI=1S/C13H8BNO2S/c15-7-8-1-3-12-10(5-8)11-6-9(14(16)17)2-4-13(11)18-12/h1-6,16-17H. The molecule has 0 aliphatic carbocycles. The van der Waals surface area contributed by atoms with Gasteiger partial charge in [-0.05, 0) is 29.7 Å². The maximum absolute atomic E-state index is 9.20. The number of hydrogen-bond donors (Lipinski definition) is 2. The zero-order valence-electron chi connectivity index (χ0n) is 9.29. The third-order valence-corrected chi connectivity index (χ3v) is 4.07. The molecule has 3 aromatic rings. The first-order chi connectivity index (χ1) is 8.69. The second-order valence-corrected chi connectivity index (χ2v) is 5.14. The Morgan fingerprint density at radius 1 is 1.00 bits per heavy atom. The van der Waals surface area contributed by atoms with Crippen LogP contribution < -0.4 is 5.46 Å². The number of nitriles is 1. The number of nitrogens with zero attached hydrogens (tertiary/aromatic N) is 1. The Morgan fingerprint density at radius 2 is 1.67 bits per heavy atom. The Bertz CT molecular complexity index is 789. The molecule has 0 aliphatic rings. The van der Waals surface area contributed by atoms with E-state index in [-0.39, 0.29) is 0 Å². The van der Waals surface area contributed by atoms with E-state index in [1.165, 1.54) is 0 Å². The molecule has 0 radical (unpaired) electrons. The highest BCUT2D eigenvalue weighted by Crippen LogP contribution is 2.33. The van der Waals surface area contributed by atoms with Crippen molar-refractivity contribution in [1.29, 1.82) is 5.26 Å². The maximum Gasteiger partial charge on any atom is 0.488 e. The number of thiophene rings is 1. The van der Waals surface area contributed by atoms with Crippen molar-refractivity contribution in [3.05, 3.63) is 42.0 Å². The highest BCUT2D eigenvalue weighted by atomic mass is 32.1. The molecule has 0 saturated carbocycles. The lowest BCUT2D eigenvalue weighted by atomic mass is 9.80. The van der Waals surface area contributed by atoms with E-state index in [0.717, 1.165) is 20.2 Å². The highest BCUT2D eigenvalue weighted by Gasteiger charge is 2.13. The van der Waals surface area contributed by atoms with E-state index in [0.29, 0.717) is 11.0 Å². The number of benzene rings is 2. The molecule has 3 rings (SSSR count). The quantitative estimate of drug-likeness (QED) is 0.647. The van der Waals surface area contributed by atoms with Crippen molar-refractivity contribution in [3.8, 4) is 6.07 Å². The molecule has 0 fully saturated rings. The first kappa shape index (κ1) is 11.2. The van der Waals surface area contributed by atoms with Gasteiger partial charge in [0.15, 0.2) is 0 Å². The topological polar surface area (TPSA) is 64.2 Å². The van der Waals surface area contributed by atoms with Crippen LogP contribution in [0.4, 0.5) is 0 Å². The molecule has 18 heavy (non-hydrogen) atoms. The molecule has 0 saturated heterocycles. The van der Waals surface area contributed by atoms with Crippen LogP contribution in [0.3, 0.4) is 0 Å². The van der Waals surface area contributed by atoms with Gasteiger partial charge in [0.25, 0.3) is 0 Å². The number of fused-ring (bicyclic) bond motifs is 3. The van der Waals surface area contributed by atoms with Crippen molar-refractivity contribution in [3.63, 3.8) is 0 Å². The summed E-state index contributed by atoms with van der Waals surface area (Å²) in [4.78, 5) is 0. The molecule has 0 aliphatic heterocycles. The van der Waals surface area contributed by atoms with Gasteiger partial charge in [-0.15, -0.1) is 11.3 Å². The Morgan fingerprint density at radius 3 is 2.33 bits per heavy atom. The lowest BCUT2D eigenvalue weighted by Gasteiger charge is -1.99. The summed E-state index contributed by atoms with van der Waals surface area (Å²) < 4.78 is 2.16. The molecule has 0 bridgehead atoms. The fourth-order valence-electron chi connectivity index (χ4n) is 2.03. The Labute approximate surface area is 108 Å². The second-order valence-electron chi connectivity index (χ2n) is 4.05. The minimum Gasteiger partial charge on any atom is -0.423 e. The van der Waals surface area contributed by atoms with Gasteiger partial charge in [0.05, 0.1) is 11.6 Å². The van der Waals surface area contributed by atoms with E-state index in [1.807, 2.05) is 18.2 Å². The van der Waals surface area contributed by atoms with Crippen LogP contribution in [0.2, 0.25) is 0 Å². The van der Waals surface area contributed by atoms with Crippen LogP contribution in [-0.4, -0.2) is 17.2 Å². The van der Waals surface area contributed by atoms with Crippen molar-refractivity contribution in [2.24, 2.45) is 0 Å². The van der Waals surface area contributed by atoms with Crippen LogP contribution in [0.15, 0.2) is 36.4 Å². The lowest BCUT2D eigenvalue weighted by molar-refractivity contribution is 0.426. The molecule has 1 heterocycles. The van der Waals surface area contributed by atoms with Gasteiger partial charge in [-0.2, -0.15) is 5.26 Å². The molecule has 86 valence electrons. The molecule has 2 N–H and O–H groups in total. The monoisotopic (exact) mass is 253 g/mol. The molecule has 0 amide bonds. The van der Waals surface area contributed by atoms with Crippen molar-refractivity contribution in [1.82, 2.24) is 0 Å². The minimum atomic E-state index is -1.47. The van der Waals surface area contributed by atoms with Crippen LogP contribution in [0.1, 0.15) is 5.56 Å². The molecule has 1 aromatic heterocycles. The van der Waals surface area contributed by atoms with Gasteiger partial charge in [-0.1, -0.05) is 12.1 Å². The Hall–Kier alpha value is -1.87. The van der Waals surface area contributed by atoms with E-state index >= 15 is 0 Å². The average molecular weight is 253 g/mol. The summed E-state index contributed by atoms with van der Waals surface area (Å²) in [6.07, 6.45) is 0. The number of rotatable bonds is 1. The molecule has 3 nitrogen and oxygen atoms in total. The van der Waals surface area contributed by atoms with Gasteiger partial charge < -0.3 is 10.0 Å². The molecular weight excluding hydrogens is 245 g/mol. The Kier molecular flexibility index (Phi) is 2.56. The van der Waals surface area contributed by atoms with E-state index in [2.05, 4.69) is 6.07 Å².